The van der Waals surface area contributed by atoms with Crippen molar-refractivity contribution in [2.45, 2.75) is 59.2 Å². The van der Waals surface area contributed by atoms with Gasteiger partial charge in [-0.25, -0.2) is 5.10 Å². The second kappa shape index (κ2) is 8.54. The second-order valence-corrected chi connectivity index (χ2v) is 11.3. The largest absolute Gasteiger partial charge is 0.416 e. The van der Waals surface area contributed by atoms with Gasteiger partial charge < -0.3 is 9.74 Å². The highest BCUT2D eigenvalue weighted by Crippen LogP contribution is 2.27. The van der Waals surface area contributed by atoms with E-state index in [2.05, 4.69) is 49.4 Å². The zero-order chi connectivity index (χ0) is 17.7. The van der Waals surface area contributed by atoms with Crippen LogP contribution in [0.5, 0.6) is 0 Å². The molecule has 24 heavy (non-hydrogen) atoms. The van der Waals surface area contributed by atoms with Gasteiger partial charge in [-0.3, -0.25) is 4.79 Å². The van der Waals surface area contributed by atoms with Gasteiger partial charge in [-0.1, -0.05) is 20.8 Å². The van der Waals surface area contributed by atoms with E-state index < -0.39 is 9.04 Å². The lowest BCUT2D eigenvalue weighted by Crippen LogP contribution is -2.35. The summed E-state index contributed by atoms with van der Waals surface area (Å²) in [6, 6.07) is 0. The third kappa shape index (κ3) is 5.36. The molecule has 1 unspecified atom stereocenters. The molecule has 0 aliphatic carbocycles. The van der Waals surface area contributed by atoms with Crippen LogP contribution in [-0.4, -0.2) is 43.4 Å². The Bertz CT molecular complexity index is 598. The molecule has 0 amide bonds. The Morgan fingerprint density at radius 3 is 2.79 bits per heavy atom. The van der Waals surface area contributed by atoms with Crippen LogP contribution >= 0.6 is 11.8 Å². The number of rotatable bonds is 7. The van der Waals surface area contributed by atoms with Gasteiger partial charge >= 0.3 is 0 Å². The van der Waals surface area contributed by atoms with Crippen LogP contribution in [-0.2, 0) is 17.3 Å². The van der Waals surface area contributed by atoms with Crippen molar-refractivity contribution in [1.82, 2.24) is 10.2 Å². The fourth-order valence-electron chi connectivity index (χ4n) is 2.82. The third-order valence-electron chi connectivity index (χ3n) is 4.22. The third-order valence-corrected chi connectivity index (χ3v) is 6.12. The van der Waals surface area contributed by atoms with Gasteiger partial charge in [-0.2, -0.15) is 16.9 Å². The van der Waals surface area contributed by atoms with Crippen molar-refractivity contribution >= 4 is 26.5 Å². The summed E-state index contributed by atoms with van der Waals surface area (Å²) in [5, 5.41) is 10.3. The lowest BCUT2D eigenvalue weighted by atomic mass is 9.90. The van der Waals surface area contributed by atoms with Crippen LogP contribution < -0.4 is 10.9 Å². The first-order chi connectivity index (χ1) is 11.3. The molecule has 0 radical (unpaired) electrons. The number of H-pyrrole nitrogens is 1. The predicted molar refractivity (Wildman–Crippen MR) is 106 cm³/mol. The normalized spacial score (nSPS) is 15.9. The van der Waals surface area contributed by atoms with Gasteiger partial charge in [0.1, 0.15) is 0 Å². The quantitative estimate of drug-likeness (QED) is 0.571. The van der Waals surface area contributed by atoms with Crippen LogP contribution in [0.1, 0.15) is 38.4 Å². The first-order valence-corrected chi connectivity index (χ1v) is 12.8. The standard InChI is InChI=1S/C17H31N3O2SSi/c1-17(2,3)14(22-24(4)5)11-23-10-8-13-15-12(7-6-9-18-15)16(21)20-19-13/h14,18,24H,6-11H2,1-5H3,(H,20,21). The zero-order valence-corrected chi connectivity index (χ0v) is 17.5. The molecular weight excluding hydrogens is 338 g/mol. The molecule has 2 heterocycles. The van der Waals surface area contributed by atoms with Crippen LogP contribution in [0.3, 0.4) is 0 Å². The molecule has 1 aromatic rings. The summed E-state index contributed by atoms with van der Waals surface area (Å²) in [5.74, 6) is 2.00. The summed E-state index contributed by atoms with van der Waals surface area (Å²) >= 11 is 1.92. The summed E-state index contributed by atoms with van der Waals surface area (Å²) in [7, 11) is -1.04. The average molecular weight is 370 g/mol. The number of aromatic nitrogens is 2. The lowest BCUT2D eigenvalue weighted by molar-refractivity contribution is 0.108. The predicted octanol–water partition coefficient (Wildman–Crippen LogP) is 2.82. The molecule has 0 saturated carbocycles. The molecular formula is C17H31N3O2SSi. The summed E-state index contributed by atoms with van der Waals surface area (Å²) in [5.41, 5.74) is 2.96. The molecule has 1 atom stereocenters. The Kier molecular flexibility index (Phi) is 6.95. The number of nitrogens with one attached hydrogen (secondary N) is 2. The number of hydrogen-bond acceptors (Lipinski definition) is 5. The van der Waals surface area contributed by atoms with E-state index in [0.717, 1.165) is 54.3 Å². The number of thioether (sulfide) groups is 1. The van der Waals surface area contributed by atoms with Crippen LogP contribution in [0.15, 0.2) is 4.79 Å². The van der Waals surface area contributed by atoms with E-state index in [4.69, 9.17) is 4.43 Å². The maximum atomic E-state index is 11.9. The van der Waals surface area contributed by atoms with Crippen LogP contribution in [0.4, 0.5) is 5.69 Å². The van der Waals surface area contributed by atoms with E-state index in [-0.39, 0.29) is 11.0 Å². The Morgan fingerprint density at radius 1 is 1.38 bits per heavy atom. The summed E-state index contributed by atoms with van der Waals surface area (Å²) in [4.78, 5) is 11.9. The van der Waals surface area contributed by atoms with Crippen molar-refractivity contribution in [3.8, 4) is 0 Å². The van der Waals surface area contributed by atoms with Crippen molar-refractivity contribution in [2.24, 2.45) is 5.41 Å². The minimum atomic E-state index is -1.04. The number of nitrogens with zero attached hydrogens (tertiary/aromatic N) is 1. The maximum Gasteiger partial charge on any atom is 0.269 e. The average Bonchev–Trinajstić information content (AvgIpc) is 2.51. The fraction of sp³-hybridized carbons (Fsp3) is 0.765. The molecule has 5 nitrogen and oxygen atoms in total. The van der Waals surface area contributed by atoms with Gasteiger partial charge in [0, 0.05) is 24.3 Å². The van der Waals surface area contributed by atoms with Gasteiger partial charge in [-0.15, -0.1) is 0 Å². The molecule has 136 valence electrons. The number of hydrogen-bond donors (Lipinski definition) is 2. The topological polar surface area (TPSA) is 67.0 Å². The van der Waals surface area contributed by atoms with Crippen molar-refractivity contribution < 1.29 is 4.43 Å². The Balaban J connectivity index is 1.91. The van der Waals surface area contributed by atoms with Crippen molar-refractivity contribution in [3.63, 3.8) is 0 Å². The number of aromatic amines is 1. The first-order valence-electron chi connectivity index (χ1n) is 8.86. The summed E-state index contributed by atoms with van der Waals surface area (Å²) < 4.78 is 6.22. The molecule has 0 bridgehead atoms. The lowest BCUT2D eigenvalue weighted by Gasteiger charge is -2.32. The van der Waals surface area contributed by atoms with Crippen molar-refractivity contribution in [2.75, 3.05) is 23.4 Å². The minimum Gasteiger partial charge on any atom is -0.416 e. The zero-order valence-electron chi connectivity index (χ0n) is 15.6. The van der Waals surface area contributed by atoms with Crippen LogP contribution in [0, 0.1) is 5.41 Å². The van der Waals surface area contributed by atoms with Gasteiger partial charge in [0.2, 0.25) is 0 Å². The van der Waals surface area contributed by atoms with Gasteiger partial charge in [0.15, 0.2) is 9.04 Å². The molecule has 2 N–H and O–H groups in total. The molecule has 0 fully saturated rings. The monoisotopic (exact) mass is 369 g/mol. The highest BCUT2D eigenvalue weighted by Gasteiger charge is 2.26. The molecule has 7 heteroatoms. The Morgan fingerprint density at radius 2 is 2.12 bits per heavy atom. The van der Waals surface area contributed by atoms with E-state index in [1.165, 1.54) is 0 Å². The fourth-order valence-corrected chi connectivity index (χ4v) is 5.42. The molecule has 1 aliphatic heterocycles. The molecule has 0 aromatic carbocycles. The van der Waals surface area contributed by atoms with Crippen molar-refractivity contribution in [3.05, 3.63) is 21.6 Å². The van der Waals surface area contributed by atoms with Crippen molar-refractivity contribution in [1.29, 1.82) is 0 Å². The second-order valence-electron chi connectivity index (χ2n) is 7.75. The van der Waals surface area contributed by atoms with Crippen LogP contribution in [0.2, 0.25) is 13.1 Å². The van der Waals surface area contributed by atoms with E-state index in [1.54, 1.807) is 0 Å². The van der Waals surface area contributed by atoms with E-state index >= 15 is 0 Å². The van der Waals surface area contributed by atoms with Gasteiger partial charge in [-0.05, 0) is 37.1 Å². The van der Waals surface area contributed by atoms with Gasteiger partial charge in [0.25, 0.3) is 5.56 Å². The highest BCUT2D eigenvalue weighted by molar-refractivity contribution is 7.99. The van der Waals surface area contributed by atoms with E-state index in [1.807, 2.05) is 11.8 Å². The maximum absolute atomic E-state index is 11.9. The Hall–Kier alpha value is -0.793. The minimum absolute atomic E-state index is 0.0447. The molecule has 1 aromatic heterocycles. The summed E-state index contributed by atoms with van der Waals surface area (Å²) in [6.07, 6.45) is 3.02. The molecule has 1 aliphatic rings. The number of fused-ring (bicyclic) bond motifs is 1. The highest BCUT2D eigenvalue weighted by atomic mass is 32.2. The Labute approximate surface area is 151 Å². The number of anilines is 1. The van der Waals surface area contributed by atoms with Crippen LogP contribution in [0.25, 0.3) is 0 Å². The molecule has 0 saturated heterocycles. The molecule has 0 spiro atoms. The van der Waals surface area contributed by atoms with E-state index in [0.29, 0.717) is 6.10 Å². The molecule has 2 rings (SSSR count). The summed E-state index contributed by atoms with van der Waals surface area (Å²) in [6.45, 7) is 12.1. The smallest absolute Gasteiger partial charge is 0.269 e. The number of aryl methyl sites for hydroxylation is 1. The first kappa shape index (κ1) is 19.5. The van der Waals surface area contributed by atoms with E-state index in [9.17, 15) is 4.79 Å². The SMILES string of the molecule is C[SiH](C)OC(CSCCc1n[nH]c(=O)c2c1NCCC2)C(C)(C)C. The van der Waals surface area contributed by atoms with Gasteiger partial charge in [0.05, 0.1) is 17.5 Å².